The number of nitrogens with one attached hydrogen (secondary N) is 2. The molecule has 0 aliphatic rings. The summed E-state index contributed by atoms with van der Waals surface area (Å²) in [6.07, 6.45) is 2.23. The van der Waals surface area contributed by atoms with Crippen LogP contribution in [-0.4, -0.2) is 26.7 Å². The average molecular weight is 395 g/mol. The molecule has 0 bridgehead atoms. The smallest absolute Gasteiger partial charge is 0.191 e. The quantitative estimate of drug-likeness (QED) is 0.337. The predicted molar refractivity (Wildman–Crippen MR) is 91.5 cm³/mol. The first-order chi connectivity index (χ1) is 9.21. The summed E-state index contributed by atoms with van der Waals surface area (Å²) in [5, 5.41) is 6.34. The van der Waals surface area contributed by atoms with Crippen LogP contribution in [0.25, 0.3) is 0 Å². The molecular weight excluding hydrogens is 372 g/mol. The first kappa shape index (κ1) is 18.9. The third-order valence-corrected chi connectivity index (χ3v) is 2.72. The highest BCUT2D eigenvalue weighted by Crippen LogP contribution is 2.17. The van der Waals surface area contributed by atoms with Crippen LogP contribution < -0.4 is 15.4 Å². The van der Waals surface area contributed by atoms with Crippen molar-refractivity contribution in [3.8, 4) is 5.75 Å². The number of aliphatic imine (C=N–C) groups is 1. The number of methoxy groups -OCH3 is 1. The molecule has 0 heterocycles. The van der Waals surface area contributed by atoms with Crippen molar-refractivity contribution in [2.45, 2.75) is 26.3 Å². The molecule has 0 fully saturated rings. The maximum absolute atomic E-state index is 13.5. The summed E-state index contributed by atoms with van der Waals surface area (Å²) in [6.45, 7) is 3.54. The topological polar surface area (TPSA) is 45.7 Å². The van der Waals surface area contributed by atoms with Crippen molar-refractivity contribution >= 4 is 29.9 Å². The second-order valence-corrected chi connectivity index (χ2v) is 4.17. The van der Waals surface area contributed by atoms with E-state index in [1.54, 1.807) is 13.1 Å². The fourth-order valence-electron chi connectivity index (χ4n) is 1.61. The maximum Gasteiger partial charge on any atom is 0.191 e. The molecule has 114 valence electrons. The number of ether oxygens (including phenoxy) is 1. The highest BCUT2D eigenvalue weighted by molar-refractivity contribution is 14.0. The summed E-state index contributed by atoms with van der Waals surface area (Å²) in [5.41, 5.74) is 0.844. The van der Waals surface area contributed by atoms with Gasteiger partial charge >= 0.3 is 0 Å². The van der Waals surface area contributed by atoms with Crippen LogP contribution in [0.3, 0.4) is 0 Å². The monoisotopic (exact) mass is 395 g/mol. The zero-order valence-corrected chi connectivity index (χ0v) is 14.5. The third-order valence-electron chi connectivity index (χ3n) is 2.72. The molecule has 0 aliphatic carbocycles. The van der Waals surface area contributed by atoms with Gasteiger partial charge in [-0.3, -0.25) is 4.99 Å². The SMILES string of the molecule is CCCCNC(=NC)NCc1ccc(OC)c(F)c1.I. The Labute approximate surface area is 137 Å². The fourth-order valence-corrected chi connectivity index (χ4v) is 1.61. The maximum atomic E-state index is 13.5. The van der Waals surface area contributed by atoms with Crippen LogP contribution in [0.4, 0.5) is 4.39 Å². The minimum Gasteiger partial charge on any atom is -0.494 e. The molecule has 6 heteroatoms. The van der Waals surface area contributed by atoms with Crippen LogP contribution in [0.1, 0.15) is 25.3 Å². The Morgan fingerprint density at radius 1 is 1.35 bits per heavy atom. The number of benzene rings is 1. The van der Waals surface area contributed by atoms with Crippen molar-refractivity contribution in [1.29, 1.82) is 0 Å². The lowest BCUT2D eigenvalue weighted by molar-refractivity contribution is 0.386. The van der Waals surface area contributed by atoms with Crippen LogP contribution in [-0.2, 0) is 6.54 Å². The zero-order chi connectivity index (χ0) is 14.1. The van der Waals surface area contributed by atoms with Gasteiger partial charge in [0.25, 0.3) is 0 Å². The second-order valence-electron chi connectivity index (χ2n) is 4.17. The normalized spacial score (nSPS) is 10.7. The minimum atomic E-state index is -0.351. The van der Waals surface area contributed by atoms with E-state index in [9.17, 15) is 4.39 Å². The van der Waals surface area contributed by atoms with Gasteiger partial charge in [0.05, 0.1) is 7.11 Å². The van der Waals surface area contributed by atoms with E-state index in [0.29, 0.717) is 6.54 Å². The molecule has 0 saturated carbocycles. The van der Waals surface area contributed by atoms with E-state index in [-0.39, 0.29) is 35.5 Å². The van der Waals surface area contributed by atoms with Crippen molar-refractivity contribution in [2.75, 3.05) is 20.7 Å². The first-order valence-corrected chi connectivity index (χ1v) is 6.48. The summed E-state index contributed by atoms with van der Waals surface area (Å²) < 4.78 is 18.4. The van der Waals surface area contributed by atoms with Gasteiger partial charge < -0.3 is 15.4 Å². The number of guanidine groups is 1. The Balaban J connectivity index is 0.00000361. The van der Waals surface area contributed by atoms with Gasteiger partial charge in [0.2, 0.25) is 0 Å². The molecule has 0 radical (unpaired) electrons. The van der Waals surface area contributed by atoms with Crippen LogP contribution in [0.5, 0.6) is 5.75 Å². The van der Waals surface area contributed by atoms with E-state index in [4.69, 9.17) is 4.74 Å². The average Bonchev–Trinajstić information content (AvgIpc) is 2.43. The Morgan fingerprint density at radius 3 is 2.65 bits per heavy atom. The van der Waals surface area contributed by atoms with E-state index in [1.807, 2.05) is 6.07 Å². The van der Waals surface area contributed by atoms with E-state index < -0.39 is 0 Å². The fraction of sp³-hybridized carbons (Fsp3) is 0.500. The molecule has 20 heavy (non-hydrogen) atoms. The molecule has 0 aliphatic heterocycles. The zero-order valence-electron chi connectivity index (χ0n) is 12.2. The number of hydrogen-bond donors (Lipinski definition) is 2. The number of unbranched alkanes of at least 4 members (excludes halogenated alkanes) is 1. The van der Waals surface area contributed by atoms with Gasteiger partial charge in [0.1, 0.15) is 0 Å². The van der Waals surface area contributed by atoms with E-state index in [2.05, 4.69) is 22.5 Å². The molecule has 0 saturated heterocycles. The van der Waals surface area contributed by atoms with Crippen molar-refractivity contribution < 1.29 is 9.13 Å². The summed E-state index contributed by atoms with van der Waals surface area (Å²) >= 11 is 0. The second kappa shape index (κ2) is 10.7. The lowest BCUT2D eigenvalue weighted by Crippen LogP contribution is -2.37. The number of halogens is 2. The van der Waals surface area contributed by atoms with Crippen LogP contribution in [0, 0.1) is 5.82 Å². The minimum absolute atomic E-state index is 0. The van der Waals surface area contributed by atoms with E-state index in [1.165, 1.54) is 13.2 Å². The molecule has 0 spiro atoms. The lowest BCUT2D eigenvalue weighted by atomic mass is 10.2. The summed E-state index contributed by atoms with van der Waals surface area (Å²) in [6, 6.07) is 4.92. The number of nitrogens with zero attached hydrogens (tertiary/aromatic N) is 1. The highest BCUT2D eigenvalue weighted by Gasteiger charge is 2.04. The molecule has 0 amide bonds. The Bertz CT molecular complexity index is 427. The Morgan fingerprint density at radius 2 is 2.10 bits per heavy atom. The summed E-state index contributed by atoms with van der Waals surface area (Å²) in [5.74, 6) is 0.634. The van der Waals surface area contributed by atoms with E-state index in [0.717, 1.165) is 30.9 Å². The van der Waals surface area contributed by atoms with Crippen molar-refractivity contribution in [2.24, 2.45) is 4.99 Å². The largest absolute Gasteiger partial charge is 0.494 e. The highest BCUT2D eigenvalue weighted by atomic mass is 127. The van der Waals surface area contributed by atoms with Gasteiger partial charge in [-0.15, -0.1) is 24.0 Å². The molecule has 2 N–H and O–H groups in total. The van der Waals surface area contributed by atoms with Crippen LogP contribution in [0.2, 0.25) is 0 Å². The van der Waals surface area contributed by atoms with Gasteiger partial charge in [0.15, 0.2) is 17.5 Å². The lowest BCUT2D eigenvalue weighted by Gasteiger charge is -2.12. The molecule has 0 aromatic heterocycles. The molecule has 4 nitrogen and oxygen atoms in total. The first-order valence-electron chi connectivity index (χ1n) is 6.48. The molecule has 1 aromatic rings. The van der Waals surface area contributed by atoms with Gasteiger partial charge in [-0.2, -0.15) is 0 Å². The Kier molecular flexibility index (Phi) is 10.1. The predicted octanol–water partition coefficient (Wildman–Crippen LogP) is 2.92. The van der Waals surface area contributed by atoms with Crippen molar-refractivity contribution in [3.05, 3.63) is 29.6 Å². The van der Waals surface area contributed by atoms with Gasteiger partial charge in [-0.25, -0.2) is 4.39 Å². The van der Waals surface area contributed by atoms with E-state index >= 15 is 0 Å². The van der Waals surface area contributed by atoms with Gasteiger partial charge in [0, 0.05) is 20.1 Å². The summed E-state index contributed by atoms with van der Waals surface area (Å²) in [7, 11) is 3.17. The molecule has 0 atom stereocenters. The summed E-state index contributed by atoms with van der Waals surface area (Å²) in [4.78, 5) is 4.11. The number of hydrogen-bond acceptors (Lipinski definition) is 2. The Hall–Kier alpha value is -1.05. The van der Waals surface area contributed by atoms with Gasteiger partial charge in [-0.05, 0) is 24.1 Å². The molecule has 1 aromatic carbocycles. The van der Waals surface area contributed by atoms with Crippen LogP contribution >= 0.6 is 24.0 Å². The molecule has 1 rings (SSSR count). The molecule has 0 unspecified atom stereocenters. The van der Waals surface area contributed by atoms with Gasteiger partial charge in [-0.1, -0.05) is 19.4 Å². The number of rotatable bonds is 6. The third kappa shape index (κ3) is 6.40. The standard InChI is InChI=1S/C14H22FN3O.HI/c1-4-5-8-17-14(16-2)18-10-11-6-7-13(19-3)12(15)9-11;/h6-7,9H,4-5,8,10H2,1-3H3,(H2,16,17,18);1H. The van der Waals surface area contributed by atoms with Crippen LogP contribution in [0.15, 0.2) is 23.2 Å². The van der Waals surface area contributed by atoms with Crippen molar-refractivity contribution in [1.82, 2.24) is 10.6 Å². The van der Waals surface area contributed by atoms with Crippen molar-refractivity contribution in [3.63, 3.8) is 0 Å². The molecular formula is C14H23FIN3O.